The molecule has 5 nitrogen and oxygen atoms in total. The average molecular weight is 292 g/mol. The molecule has 19 heavy (non-hydrogen) atoms. The quantitative estimate of drug-likeness (QED) is 0.542. The van der Waals surface area contributed by atoms with Gasteiger partial charge >= 0.3 is 0 Å². The Morgan fingerprint density at radius 3 is 2.68 bits per heavy atom. The van der Waals surface area contributed by atoms with Crippen LogP contribution in [0.3, 0.4) is 0 Å². The van der Waals surface area contributed by atoms with Gasteiger partial charge in [-0.3, -0.25) is 0 Å². The summed E-state index contributed by atoms with van der Waals surface area (Å²) in [6.07, 6.45) is 3.91. The Morgan fingerprint density at radius 1 is 1.37 bits per heavy atom. The van der Waals surface area contributed by atoms with Crippen molar-refractivity contribution in [1.82, 2.24) is 9.80 Å². The Hall–Kier alpha value is -0.360. The number of aliphatic hydroxyl groups is 1. The summed E-state index contributed by atoms with van der Waals surface area (Å²) in [5, 5.41) is 14.1. The van der Waals surface area contributed by atoms with Crippen LogP contribution in [0.15, 0.2) is 5.16 Å². The van der Waals surface area contributed by atoms with E-state index in [4.69, 9.17) is 16.4 Å². The van der Waals surface area contributed by atoms with Crippen molar-refractivity contribution in [3.05, 3.63) is 0 Å². The molecule has 1 aliphatic rings. The minimum atomic E-state index is -0.500. The fraction of sp³-hybridized carbons (Fsp3) is 0.923. The summed E-state index contributed by atoms with van der Waals surface area (Å²) in [4.78, 5) is 9.40. The van der Waals surface area contributed by atoms with Crippen molar-refractivity contribution in [3.8, 4) is 0 Å². The molecule has 1 N–H and O–H groups in total. The van der Waals surface area contributed by atoms with Crippen molar-refractivity contribution in [2.75, 3.05) is 46.9 Å². The summed E-state index contributed by atoms with van der Waals surface area (Å²) >= 11 is 5.91. The van der Waals surface area contributed by atoms with Crippen LogP contribution in [0.25, 0.3) is 0 Å². The van der Waals surface area contributed by atoms with Crippen LogP contribution in [-0.4, -0.2) is 73.1 Å². The molecule has 0 amide bonds. The Balaban J connectivity index is 2.11. The predicted molar refractivity (Wildman–Crippen MR) is 78.7 cm³/mol. The van der Waals surface area contributed by atoms with E-state index in [0.29, 0.717) is 18.1 Å². The number of hydrogen-bond acceptors (Lipinski definition) is 5. The number of likely N-dealkylation sites (tertiary alicyclic amines) is 1. The number of β-amino-alcohol motifs (C(OH)–C–C–N with tert-alkyl or cyclic N) is 1. The summed E-state index contributed by atoms with van der Waals surface area (Å²) < 4.78 is 0. The van der Waals surface area contributed by atoms with E-state index < -0.39 is 6.10 Å². The Bertz CT molecular complexity index is 269. The van der Waals surface area contributed by atoms with Crippen molar-refractivity contribution in [2.45, 2.75) is 31.8 Å². The van der Waals surface area contributed by atoms with E-state index in [1.54, 1.807) is 0 Å². The fourth-order valence-electron chi connectivity index (χ4n) is 2.05. The maximum absolute atomic E-state index is 9.85. The highest BCUT2D eigenvalue weighted by molar-refractivity contribution is 6.65. The first-order valence-electron chi connectivity index (χ1n) is 6.97. The molecule has 0 spiro atoms. The fourth-order valence-corrected chi connectivity index (χ4v) is 2.18. The van der Waals surface area contributed by atoms with Crippen LogP contribution < -0.4 is 0 Å². The number of oxime groups is 1. The largest absolute Gasteiger partial charge is 0.392 e. The lowest BCUT2D eigenvalue weighted by atomic mass is 10.1. The van der Waals surface area contributed by atoms with Gasteiger partial charge in [-0.25, -0.2) is 0 Å². The number of hydrogen-bond donors (Lipinski definition) is 1. The third-order valence-corrected chi connectivity index (χ3v) is 3.37. The van der Waals surface area contributed by atoms with E-state index in [2.05, 4.69) is 10.1 Å². The highest BCUT2D eigenvalue weighted by Gasteiger charge is 2.14. The molecule has 0 aromatic heterocycles. The van der Waals surface area contributed by atoms with E-state index in [9.17, 15) is 5.11 Å². The maximum Gasteiger partial charge on any atom is 0.146 e. The maximum atomic E-state index is 9.85. The topological polar surface area (TPSA) is 48.3 Å². The normalized spacial score (nSPS) is 19.7. The molecule has 1 atom stereocenters. The molecule has 0 saturated carbocycles. The molecule has 112 valence electrons. The molecule has 0 aromatic carbocycles. The number of halogens is 1. The first kappa shape index (κ1) is 16.7. The number of nitrogens with zero attached hydrogens (tertiary/aromatic N) is 3. The van der Waals surface area contributed by atoms with Crippen LogP contribution in [0.4, 0.5) is 0 Å². The van der Waals surface area contributed by atoms with Crippen molar-refractivity contribution in [1.29, 1.82) is 0 Å². The van der Waals surface area contributed by atoms with Gasteiger partial charge in [0.25, 0.3) is 0 Å². The summed E-state index contributed by atoms with van der Waals surface area (Å²) in [7, 11) is 3.96. The molecule has 1 heterocycles. The summed E-state index contributed by atoms with van der Waals surface area (Å²) in [6.45, 7) is 3.84. The zero-order chi connectivity index (χ0) is 14.1. The van der Waals surface area contributed by atoms with Crippen LogP contribution in [-0.2, 0) is 4.84 Å². The van der Waals surface area contributed by atoms with Gasteiger partial charge in [-0.2, -0.15) is 0 Å². The zero-order valence-electron chi connectivity index (χ0n) is 12.0. The van der Waals surface area contributed by atoms with Crippen LogP contribution in [0.2, 0.25) is 0 Å². The second kappa shape index (κ2) is 9.53. The predicted octanol–water partition coefficient (Wildman–Crippen LogP) is 1.35. The summed E-state index contributed by atoms with van der Waals surface area (Å²) in [5.41, 5.74) is 0. The third-order valence-electron chi connectivity index (χ3n) is 3.11. The highest BCUT2D eigenvalue weighted by atomic mass is 35.5. The molecule has 0 aromatic rings. The first-order chi connectivity index (χ1) is 9.08. The van der Waals surface area contributed by atoms with Crippen molar-refractivity contribution < 1.29 is 9.94 Å². The lowest BCUT2D eigenvalue weighted by Gasteiger charge is -2.27. The molecule has 1 aliphatic heterocycles. The van der Waals surface area contributed by atoms with Gasteiger partial charge < -0.3 is 19.7 Å². The minimum absolute atomic E-state index is 0.203. The molecule has 1 fully saturated rings. The van der Waals surface area contributed by atoms with Crippen LogP contribution in [0, 0.1) is 0 Å². The molecular weight excluding hydrogens is 266 g/mol. The molecule has 0 radical (unpaired) electrons. The number of rotatable bonds is 8. The van der Waals surface area contributed by atoms with Gasteiger partial charge in [0, 0.05) is 19.5 Å². The highest BCUT2D eigenvalue weighted by Crippen LogP contribution is 2.09. The minimum Gasteiger partial charge on any atom is -0.392 e. The molecule has 6 heteroatoms. The van der Waals surface area contributed by atoms with Crippen LogP contribution >= 0.6 is 11.6 Å². The lowest BCUT2D eigenvalue weighted by Crippen LogP contribution is -2.38. The second-order valence-electron chi connectivity index (χ2n) is 5.33. The van der Waals surface area contributed by atoms with Crippen molar-refractivity contribution >= 4 is 16.8 Å². The third kappa shape index (κ3) is 8.42. The lowest BCUT2D eigenvalue weighted by molar-refractivity contribution is 0.0159. The second-order valence-corrected chi connectivity index (χ2v) is 5.77. The van der Waals surface area contributed by atoms with Gasteiger partial charge in [0.1, 0.15) is 17.9 Å². The molecule has 1 saturated heterocycles. The van der Waals surface area contributed by atoms with Gasteiger partial charge in [-0.1, -0.05) is 23.2 Å². The van der Waals surface area contributed by atoms with Crippen LogP contribution in [0.1, 0.15) is 25.7 Å². The summed E-state index contributed by atoms with van der Waals surface area (Å²) in [6, 6.07) is 0. The standard InChI is InChI=1S/C13H26ClN3O2/c1-16(2)9-6-13(14)15-19-11-12(18)10-17-7-4-3-5-8-17/h12,18H,3-11H2,1-2H3/b15-13-. The smallest absolute Gasteiger partial charge is 0.146 e. The monoisotopic (exact) mass is 291 g/mol. The SMILES string of the molecule is CN(C)CC/C(Cl)=N/OCC(O)CN1CCCCC1. The van der Waals surface area contributed by atoms with Crippen molar-refractivity contribution in [3.63, 3.8) is 0 Å². The van der Waals surface area contributed by atoms with Gasteiger partial charge in [-0.05, 0) is 40.0 Å². The van der Waals surface area contributed by atoms with Crippen LogP contribution in [0.5, 0.6) is 0 Å². The van der Waals surface area contributed by atoms with E-state index in [0.717, 1.165) is 19.6 Å². The average Bonchev–Trinajstić information content (AvgIpc) is 2.37. The number of aliphatic hydroxyl groups excluding tert-OH is 1. The summed E-state index contributed by atoms with van der Waals surface area (Å²) in [5.74, 6) is 0. The van der Waals surface area contributed by atoms with E-state index >= 15 is 0 Å². The Morgan fingerprint density at radius 2 is 2.05 bits per heavy atom. The van der Waals surface area contributed by atoms with Gasteiger partial charge in [-0.15, -0.1) is 0 Å². The number of piperidine rings is 1. The first-order valence-corrected chi connectivity index (χ1v) is 7.35. The van der Waals surface area contributed by atoms with Gasteiger partial charge in [0.15, 0.2) is 0 Å². The van der Waals surface area contributed by atoms with Gasteiger partial charge in [0.2, 0.25) is 0 Å². The molecule has 1 unspecified atom stereocenters. The Labute approximate surface area is 121 Å². The Kier molecular flexibility index (Phi) is 8.37. The molecule has 0 aliphatic carbocycles. The van der Waals surface area contributed by atoms with E-state index in [1.807, 2.05) is 19.0 Å². The van der Waals surface area contributed by atoms with E-state index in [1.165, 1.54) is 19.3 Å². The zero-order valence-corrected chi connectivity index (χ0v) is 12.8. The van der Waals surface area contributed by atoms with Gasteiger partial charge in [0.05, 0.1) is 0 Å². The van der Waals surface area contributed by atoms with E-state index in [-0.39, 0.29) is 6.61 Å². The molecule has 0 bridgehead atoms. The van der Waals surface area contributed by atoms with Crippen molar-refractivity contribution in [2.24, 2.45) is 5.16 Å². The molecule has 1 rings (SSSR count). The molecular formula is C13H26ClN3O2.